The van der Waals surface area contributed by atoms with E-state index in [2.05, 4.69) is 11.0 Å². The molecule has 2 aromatic rings. The molecule has 0 amide bonds. The standard InChI is InChI=1S/C18H19F2NO2S/c1-13(21-10-8-14-4-2-3-5-18(14)21)9-11-24(22,23)15-6-7-16(19)17(20)12-15/h2-7,12-13H,8-11H2,1H3. The van der Waals surface area contributed by atoms with Crippen molar-refractivity contribution >= 4 is 15.5 Å². The van der Waals surface area contributed by atoms with E-state index in [0.29, 0.717) is 6.42 Å². The van der Waals surface area contributed by atoms with Gasteiger partial charge in [-0.1, -0.05) is 18.2 Å². The van der Waals surface area contributed by atoms with Gasteiger partial charge >= 0.3 is 0 Å². The lowest BCUT2D eigenvalue weighted by molar-refractivity contribution is 0.504. The van der Waals surface area contributed by atoms with Crippen LogP contribution in [0.2, 0.25) is 0 Å². The molecule has 1 aliphatic rings. The van der Waals surface area contributed by atoms with Crippen LogP contribution >= 0.6 is 0 Å². The van der Waals surface area contributed by atoms with Crippen molar-refractivity contribution in [2.45, 2.75) is 30.7 Å². The van der Waals surface area contributed by atoms with E-state index < -0.39 is 21.5 Å². The largest absolute Gasteiger partial charge is 0.368 e. The molecule has 3 rings (SSSR count). The maximum absolute atomic E-state index is 13.3. The van der Waals surface area contributed by atoms with Crippen LogP contribution in [0.1, 0.15) is 18.9 Å². The van der Waals surface area contributed by atoms with E-state index in [0.717, 1.165) is 36.9 Å². The summed E-state index contributed by atoms with van der Waals surface area (Å²) in [5, 5.41) is 0. The zero-order valence-electron chi connectivity index (χ0n) is 13.4. The van der Waals surface area contributed by atoms with E-state index in [1.165, 1.54) is 5.56 Å². The minimum absolute atomic E-state index is 0.0497. The second kappa shape index (κ2) is 6.51. The highest BCUT2D eigenvalue weighted by atomic mass is 32.2. The van der Waals surface area contributed by atoms with Crippen molar-refractivity contribution in [3.8, 4) is 0 Å². The summed E-state index contributed by atoms with van der Waals surface area (Å²) in [6.45, 7) is 2.86. The Labute approximate surface area is 140 Å². The third-order valence-electron chi connectivity index (χ3n) is 4.51. The van der Waals surface area contributed by atoms with E-state index in [-0.39, 0.29) is 16.7 Å². The molecule has 6 heteroatoms. The molecule has 24 heavy (non-hydrogen) atoms. The van der Waals surface area contributed by atoms with Crippen LogP contribution in [-0.2, 0) is 16.3 Å². The Balaban J connectivity index is 1.70. The van der Waals surface area contributed by atoms with Crippen molar-refractivity contribution in [3.05, 3.63) is 59.7 Å². The summed E-state index contributed by atoms with van der Waals surface area (Å²) in [4.78, 5) is 2.03. The molecule has 2 aromatic carbocycles. The van der Waals surface area contributed by atoms with Crippen molar-refractivity contribution in [1.82, 2.24) is 0 Å². The quantitative estimate of drug-likeness (QED) is 0.773. The number of fused-ring (bicyclic) bond motifs is 1. The number of rotatable bonds is 5. The van der Waals surface area contributed by atoms with Gasteiger partial charge in [0.05, 0.1) is 10.6 Å². The number of sulfone groups is 1. The normalized spacial score (nSPS) is 15.4. The van der Waals surface area contributed by atoms with Crippen molar-refractivity contribution in [2.24, 2.45) is 0 Å². The van der Waals surface area contributed by atoms with Gasteiger partial charge in [-0.3, -0.25) is 0 Å². The van der Waals surface area contributed by atoms with Crippen LogP contribution in [0.4, 0.5) is 14.5 Å². The Hall–Kier alpha value is -1.95. The number of hydrogen-bond donors (Lipinski definition) is 0. The lowest BCUT2D eigenvalue weighted by Gasteiger charge is -2.27. The molecule has 128 valence electrons. The number of hydrogen-bond acceptors (Lipinski definition) is 3. The zero-order chi connectivity index (χ0) is 17.3. The summed E-state index contributed by atoms with van der Waals surface area (Å²) in [7, 11) is -3.63. The first-order valence-electron chi connectivity index (χ1n) is 7.91. The molecule has 1 heterocycles. The number of para-hydroxylation sites is 1. The Morgan fingerprint density at radius 1 is 1.12 bits per heavy atom. The predicted molar refractivity (Wildman–Crippen MR) is 90.0 cm³/mol. The molecule has 0 saturated carbocycles. The molecule has 1 unspecified atom stereocenters. The van der Waals surface area contributed by atoms with Gasteiger partial charge in [0.15, 0.2) is 21.5 Å². The topological polar surface area (TPSA) is 37.4 Å². The minimum Gasteiger partial charge on any atom is -0.368 e. The number of nitrogens with zero attached hydrogens (tertiary/aromatic N) is 1. The lowest BCUT2D eigenvalue weighted by Crippen LogP contribution is -2.33. The molecular weight excluding hydrogens is 332 g/mol. The van der Waals surface area contributed by atoms with Crippen LogP contribution < -0.4 is 4.90 Å². The van der Waals surface area contributed by atoms with Gasteiger partial charge in [-0.15, -0.1) is 0 Å². The summed E-state index contributed by atoms with van der Waals surface area (Å²) >= 11 is 0. The van der Waals surface area contributed by atoms with Crippen molar-refractivity contribution in [1.29, 1.82) is 0 Å². The molecule has 1 aliphatic heterocycles. The second-order valence-corrected chi connectivity index (χ2v) is 8.21. The summed E-state index contributed by atoms with van der Waals surface area (Å²) in [5.74, 6) is -2.29. The number of halogens is 2. The maximum Gasteiger partial charge on any atom is 0.178 e. The Bertz CT molecular complexity index is 852. The molecular formula is C18H19F2NO2S. The third kappa shape index (κ3) is 3.29. The predicted octanol–water partition coefficient (Wildman–Crippen LogP) is 3.58. The fraction of sp³-hybridized carbons (Fsp3) is 0.333. The van der Waals surface area contributed by atoms with Gasteiger partial charge in [-0.05, 0) is 49.6 Å². The molecule has 0 radical (unpaired) electrons. The Kier molecular flexibility index (Phi) is 4.58. The monoisotopic (exact) mass is 351 g/mol. The van der Waals surface area contributed by atoms with Crippen LogP contribution in [0.15, 0.2) is 47.4 Å². The highest BCUT2D eigenvalue weighted by Crippen LogP contribution is 2.30. The average molecular weight is 351 g/mol. The Morgan fingerprint density at radius 3 is 2.62 bits per heavy atom. The molecule has 0 spiro atoms. The summed E-state index contributed by atoms with van der Waals surface area (Å²) < 4.78 is 50.9. The third-order valence-corrected chi connectivity index (χ3v) is 6.26. The van der Waals surface area contributed by atoms with E-state index >= 15 is 0 Å². The second-order valence-electron chi connectivity index (χ2n) is 6.10. The fourth-order valence-electron chi connectivity index (χ4n) is 3.09. The zero-order valence-corrected chi connectivity index (χ0v) is 14.2. The summed E-state index contributed by atoms with van der Waals surface area (Å²) in [6, 6.07) is 10.9. The van der Waals surface area contributed by atoms with E-state index in [9.17, 15) is 17.2 Å². The summed E-state index contributed by atoms with van der Waals surface area (Å²) in [5.41, 5.74) is 2.42. The number of benzene rings is 2. The molecule has 0 saturated heterocycles. The fourth-order valence-corrected chi connectivity index (χ4v) is 4.54. The van der Waals surface area contributed by atoms with E-state index in [1.807, 2.05) is 25.1 Å². The van der Waals surface area contributed by atoms with Gasteiger partial charge < -0.3 is 4.90 Å². The smallest absolute Gasteiger partial charge is 0.178 e. The van der Waals surface area contributed by atoms with E-state index in [4.69, 9.17) is 0 Å². The van der Waals surface area contributed by atoms with Gasteiger partial charge in [0.2, 0.25) is 0 Å². The minimum atomic E-state index is -3.63. The highest BCUT2D eigenvalue weighted by molar-refractivity contribution is 7.91. The van der Waals surface area contributed by atoms with Gasteiger partial charge in [0.25, 0.3) is 0 Å². The lowest BCUT2D eigenvalue weighted by atomic mass is 10.1. The molecule has 0 fully saturated rings. The number of anilines is 1. The Morgan fingerprint density at radius 2 is 1.88 bits per heavy atom. The molecule has 0 N–H and O–H groups in total. The maximum atomic E-state index is 13.3. The SMILES string of the molecule is CC(CCS(=O)(=O)c1ccc(F)c(F)c1)N1CCc2ccccc21. The molecule has 0 aliphatic carbocycles. The molecule has 3 nitrogen and oxygen atoms in total. The van der Waals surface area contributed by atoms with Gasteiger partial charge in [0, 0.05) is 18.3 Å². The van der Waals surface area contributed by atoms with E-state index in [1.54, 1.807) is 0 Å². The first-order chi connectivity index (χ1) is 11.4. The summed E-state index contributed by atoms with van der Waals surface area (Å²) in [6.07, 6.45) is 1.38. The molecule has 1 atom stereocenters. The van der Waals surface area contributed by atoms with Crippen molar-refractivity contribution < 1.29 is 17.2 Å². The molecule has 0 bridgehead atoms. The van der Waals surface area contributed by atoms with Crippen LogP contribution in [0.5, 0.6) is 0 Å². The van der Waals surface area contributed by atoms with Gasteiger partial charge in [0.1, 0.15) is 0 Å². The van der Waals surface area contributed by atoms with Crippen molar-refractivity contribution in [2.75, 3.05) is 17.2 Å². The van der Waals surface area contributed by atoms with Crippen LogP contribution in [0.3, 0.4) is 0 Å². The van der Waals surface area contributed by atoms with Crippen LogP contribution in [0.25, 0.3) is 0 Å². The van der Waals surface area contributed by atoms with Gasteiger partial charge in [-0.2, -0.15) is 0 Å². The van der Waals surface area contributed by atoms with Gasteiger partial charge in [-0.25, -0.2) is 17.2 Å². The van der Waals surface area contributed by atoms with Crippen LogP contribution in [0, 0.1) is 11.6 Å². The van der Waals surface area contributed by atoms with Crippen molar-refractivity contribution in [3.63, 3.8) is 0 Å². The highest BCUT2D eigenvalue weighted by Gasteiger charge is 2.25. The van der Waals surface area contributed by atoms with Crippen LogP contribution in [-0.4, -0.2) is 26.8 Å². The first-order valence-corrected chi connectivity index (χ1v) is 9.56. The average Bonchev–Trinajstić information content (AvgIpc) is 2.99. The first kappa shape index (κ1) is 16.9. The molecule has 0 aromatic heterocycles.